The standard InChI is InChI=1S/C12H20N2O/c1-13-6-7-14(12(13)15)8-11-9-4-2-3-5-10(9)11/h9-11H,2-8H2,1H3. The first-order valence-electron chi connectivity index (χ1n) is 6.27. The van der Waals surface area contributed by atoms with Crippen LogP contribution in [0.3, 0.4) is 0 Å². The van der Waals surface area contributed by atoms with E-state index in [1.165, 1.54) is 25.7 Å². The summed E-state index contributed by atoms with van der Waals surface area (Å²) in [7, 11) is 1.91. The summed E-state index contributed by atoms with van der Waals surface area (Å²) in [5, 5.41) is 0. The zero-order chi connectivity index (χ0) is 10.4. The summed E-state index contributed by atoms with van der Waals surface area (Å²) in [5.41, 5.74) is 0. The zero-order valence-corrected chi connectivity index (χ0v) is 9.48. The van der Waals surface area contributed by atoms with Crippen LogP contribution < -0.4 is 0 Å². The number of likely N-dealkylation sites (N-methyl/N-ethyl adjacent to an activating group) is 1. The number of urea groups is 1. The van der Waals surface area contributed by atoms with Gasteiger partial charge >= 0.3 is 6.03 Å². The molecule has 3 heteroatoms. The summed E-state index contributed by atoms with van der Waals surface area (Å²) >= 11 is 0. The van der Waals surface area contributed by atoms with Gasteiger partial charge in [0, 0.05) is 26.7 Å². The smallest absolute Gasteiger partial charge is 0.319 e. The molecule has 15 heavy (non-hydrogen) atoms. The van der Waals surface area contributed by atoms with Crippen molar-refractivity contribution in [1.82, 2.24) is 9.80 Å². The topological polar surface area (TPSA) is 23.6 Å². The van der Waals surface area contributed by atoms with Gasteiger partial charge in [0.1, 0.15) is 0 Å². The van der Waals surface area contributed by atoms with Crippen molar-refractivity contribution in [3.63, 3.8) is 0 Å². The summed E-state index contributed by atoms with van der Waals surface area (Å²) in [6, 6.07) is 0.249. The van der Waals surface area contributed by atoms with Crippen LogP contribution in [-0.4, -0.2) is 42.5 Å². The Morgan fingerprint density at radius 1 is 1.20 bits per heavy atom. The van der Waals surface area contributed by atoms with E-state index in [4.69, 9.17) is 0 Å². The lowest BCUT2D eigenvalue weighted by molar-refractivity contribution is 0.196. The van der Waals surface area contributed by atoms with Crippen molar-refractivity contribution in [1.29, 1.82) is 0 Å². The highest BCUT2D eigenvalue weighted by Crippen LogP contribution is 2.55. The first-order chi connectivity index (χ1) is 7.27. The molecule has 0 aromatic carbocycles. The molecule has 3 aliphatic rings. The summed E-state index contributed by atoms with van der Waals surface area (Å²) in [5.74, 6) is 2.79. The third kappa shape index (κ3) is 1.52. The van der Waals surface area contributed by atoms with Crippen molar-refractivity contribution in [2.24, 2.45) is 17.8 Å². The van der Waals surface area contributed by atoms with Crippen LogP contribution >= 0.6 is 0 Å². The second-order valence-electron chi connectivity index (χ2n) is 5.43. The van der Waals surface area contributed by atoms with Crippen molar-refractivity contribution in [2.45, 2.75) is 25.7 Å². The number of rotatable bonds is 2. The molecular formula is C12H20N2O. The number of carbonyl (C=O) groups is 1. The van der Waals surface area contributed by atoms with Gasteiger partial charge in [-0.2, -0.15) is 0 Å². The molecule has 3 nitrogen and oxygen atoms in total. The van der Waals surface area contributed by atoms with Gasteiger partial charge in [0.05, 0.1) is 0 Å². The first kappa shape index (κ1) is 9.49. The van der Waals surface area contributed by atoms with Crippen LogP contribution in [0, 0.1) is 17.8 Å². The second-order valence-corrected chi connectivity index (χ2v) is 5.43. The van der Waals surface area contributed by atoms with E-state index in [-0.39, 0.29) is 6.03 Å². The molecule has 84 valence electrons. The van der Waals surface area contributed by atoms with Crippen molar-refractivity contribution in [3.05, 3.63) is 0 Å². The zero-order valence-electron chi connectivity index (χ0n) is 9.48. The summed E-state index contributed by atoms with van der Waals surface area (Å²) in [4.78, 5) is 15.6. The van der Waals surface area contributed by atoms with Gasteiger partial charge in [-0.25, -0.2) is 4.79 Å². The van der Waals surface area contributed by atoms with Crippen molar-refractivity contribution in [3.8, 4) is 0 Å². The Labute approximate surface area is 91.4 Å². The van der Waals surface area contributed by atoms with E-state index >= 15 is 0 Å². The monoisotopic (exact) mass is 208 g/mol. The van der Waals surface area contributed by atoms with Gasteiger partial charge in [-0.15, -0.1) is 0 Å². The average Bonchev–Trinajstić information content (AvgIpc) is 2.87. The molecule has 3 fully saturated rings. The molecule has 0 aromatic heterocycles. The van der Waals surface area contributed by atoms with Crippen LogP contribution in [0.5, 0.6) is 0 Å². The van der Waals surface area contributed by atoms with Crippen LogP contribution in [-0.2, 0) is 0 Å². The van der Waals surface area contributed by atoms with Gasteiger partial charge in [-0.1, -0.05) is 12.8 Å². The predicted molar refractivity (Wildman–Crippen MR) is 58.5 cm³/mol. The lowest BCUT2D eigenvalue weighted by Crippen LogP contribution is -2.31. The lowest BCUT2D eigenvalue weighted by Gasteiger charge is -2.15. The van der Waals surface area contributed by atoms with Crippen molar-refractivity contribution in [2.75, 3.05) is 26.7 Å². The van der Waals surface area contributed by atoms with E-state index in [1.54, 1.807) is 0 Å². The fourth-order valence-corrected chi connectivity index (χ4v) is 3.54. The molecule has 1 saturated heterocycles. The normalized spacial score (nSPS) is 39.5. The van der Waals surface area contributed by atoms with Crippen molar-refractivity contribution >= 4 is 6.03 Å². The molecule has 0 spiro atoms. The van der Waals surface area contributed by atoms with Crippen LogP contribution in [0.2, 0.25) is 0 Å². The van der Waals surface area contributed by atoms with E-state index in [2.05, 4.69) is 4.90 Å². The van der Waals surface area contributed by atoms with E-state index in [0.717, 1.165) is 37.4 Å². The molecule has 2 saturated carbocycles. The number of carbonyl (C=O) groups excluding carboxylic acids is 1. The fourth-order valence-electron chi connectivity index (χ4n) is 3.54. The molecule has 2 atom stereocenters. The molecular weight excluding hydrogens is 188 g/mol. The second kappa shape index (κ2) is 3.39. The highest BCUT2D eigenvalue weighted by Gasteiger charge is 2.51. The minimum atomic E-state index is 0.249. The van der Waals surface area contributed by atoms with Crippen LogP contribution in [0.4, 0.5) is 4.79 Å². The predicted octanol–water partition coefficient (Wildman–Crippen LogP) is 1.79. The number of hydrogen-bond acceptors (Lipinski definition) is 1. The lowest BCUT2D eigenvalue weighted by atomic mass is 10.0. The van der Waals surface area contributed by atoms with E-state index in [1.807, 2.05) is 11.9 Å². The largest absolute Gasteiger partial charge is 0.326 e. The fraction of sp³-hybridized carbons (Fsp3) is 0.917. The quantitative estimate of drug-likeness (QED) is 0.678. The maximum atomic E-state index is 11.7. The molecule has 2 amide bonds. The Morgan fingerprint density at radius 3 is 2.40 bits per heavy atom. The number of fused-ring (bicyclic) bond motifs is 1. The summed E-state index contributed by atoms with van der Waals surface area (Å²) in [6.45, 7) is 2.91. The summed E-state index contributed by atoms with van der Waals surface area (Å²) < 4.78 is 0. The van der Waals surface area contributed by atoms with Gasteiger partial charge in [0.25, 0.3) is 0 Å². The molecule has 0 N–H and O–H groups in total. The Kier molecular flexibility index (Phi) is 2.15. The number of hydrogen-bond donors (Lipinski definition) is 0. The SMILES string of the molecule is CN1CCN(CC2C3CCCCC32)C1=O. The third-order valence-corrected chi connectivity index (χ3v) is 4.57. The molecule has 3 rings (SSSR count). The van der Waals surface area contributed by atoms with Gasteiger partial charge < -0.3 is 9.80 Å². The minimum Gasteiger partial charge on any atom is -0.326 e. The molecule has 1 heterocycles. The Morgan fingerprint density at radius 2 is 1.87 bits per heavy atom. The minimum absolute atomic E-state index is 0.249. The maximum absolute atomic E-state index is 11.7. The van der Waals surface area contributed by atoms with E-state index < -0.39 is 0 Å². The number of nitrogens with zero attached hydrogens (tertiary/aromatic N) is 2. The Balaban J connectivity index is 1.56. The third-order valence-electron chi connectivity index (χ3n) is 4.57. The maximum Gasteiger partial charge on any atom is 0.319 e. The van der Waals surface area contributed by atoms with Crippen LogP contribution in [0.15, 0.2) is 0 Å². The van der Waals surface area contributed by atoms with Gasteiger partial charge in [-0.05, 0) is 30.6 Å². The molecule has 0 bridgehead atoms. The molecule has 0 aromatic rings. The van der Waals surface area contributed by atoms with Gasteiger partial charge in [-0.3, -0.25) is 0 Å². The van der Waals surface area contributed by atoms with Crippen LogP contribution in [0.1, 0.15) is 25.7 Å². The first-order valence-corrected chi connectivity index (χ1v) is 6.27. The van der Waals surface area contributed by atoms with E-state index in [9.17, 15) is 4.79 Å². The summed E-state index contributed by atoms with van der Waals surface area (Å²) in [6.07, 6.45) is 5.69. The Bertz CT molecular complexity index is 267. The van der Waals surface area contributed by atoms with Gasteiger partial charge in [0.15, 0.2) is 0 Å². The van der Waals surface area contributed by atoms with Crippen LogP contribution in [0.25, 0.3) is 0 Å². The van der Waals surface area contributed by atoms with E-state index in [0.29, 0.717) is 0 Å². The van der Waals surface area contributed by atoms with Crippen molar-refractivity contribution < 1.29 is 4.79 Å². The highest BCUT2D eigenvalue weighted by molar-refractivity contribution is 5.76. The van der Waals surface area contributed by atoms with Gasteiger partial charge in [0.2, 0.25) is 0 Å². The molecule has 2 unspecified atom stereocenters. The highest BCUT2D eigenvalue weighted by atomic mass is 16.2. The average molecular weight is 208 g/mol. The number of amides is 2. The molecule has 1 aliphatic heterocycles. The molecule has 2 aliphatic carbocycles. The molecule has 0 radical (unpaired) electrons. The Hall–Kier alpha value is -0.730.